The van der Waals surface area contributed by atoms with Crippen LogP contribution < -0.4 is 10.2 Å². The van der Waals surface area contributed by atoms with Crippen LogP contribution in [0.3, 0.4) is 0 Å². The van der Waals surface area contributed by atoms with E-state index in [-0.39, 0.29) is 11.4 Å². The van der Waals surface area contributed by atoms with Gasteiger partial charge >= 0.3 is 10.8 Å². The van der Waals surface area contributed by atoms with E-state index >= 15 is 0 Å². The number of aliphatic carboxylic acids is 1. The Morgan fingerprint density at radius 3 is 2.35 bits per heavy atom. The molecule has 1 aromatic carbocycles. The summed E-state index contributed by atoms with van der Waals surface area (Å²) in [6.45, 7) is 4.79. The zero-order valence-electron chi connectivity index (χ0n) is 13.1. The lowest BCUT2D eigenvalue weighted by atomic mass is 9.92. The molecule has 1 atom stereocenters. The normalized spacial score (nSPS) is 13.3. The van der Waals surface area contributed by atoms with E-state index in [9.17, 15) is 19.5 Å². The number of carboxylic acid groups (broad SMARTS) is 1. The molecule has 1 amide bonds. The smallest absolute Gasteiger partial charge is 0.333 e. The van der Waals surface area contributed by atoms with Crippen molar-refractivity contribution in [3.63, 3.8) is 0 Å². The fraction of sp³-hybridized carbons (Fsp3) is 0.312. The van der Waals surface area contributed by atoms with Gasteiger partial charge < -0.3 is 10.4 Å². The number of nitrogens with zero attached hydrogens (tertiary/aromatic N) is 1. The second-order valence-electron chi connectivity index (χ2n) is 5.44. The summed E-state index contributed by atoms with van der Waals surface area (Å²) in [5.41, 5.74) is -0.376. The van der Waals surface area contributed by atoms with E-state index in [4.69, 9.17) is 0 Å². The Bertz CT molecular complexity index is 794. The molecule has 0 aliphatic heterocycles. The van der Waals surface area contributed by atoms with E-state index in [0.717, 1.165) is 16.2 Å². The second-order valence-corrected chi connectivity index (χ2v) is 6.61. The number of nitrogens with one attached hydrogen (secondary N) is 1. The van der Waals surface area contributed by atoms with E-state index in [2.05, 4.69) is 5.32 Å². The maximum absolute atomic E-state index is 12.3. The van der Waals surface area contributed by atoms with E-state index in [1.807, 2.05) is 0 Å². The Balaban J connectivity index is 2.26. The molecular formula is C16H18N2O4S. The summed E-state index contributed by atoms with van der Waals surface area (Å²) in [5.74, 6) is -1.69. The molecule has 7 heteroatoms. The van der Waals surface area contributed by atoms with E-state index in [1.54, 1.807) is 44.2 Å². The average molecular weight is 334 g/mol. The summed E-state index contributed by atoms with van der Waals surface area (Å²) in [5, 5.41) is 12.1. The summed E-state index contributed by atoms with van der Waals surface area (Å²) in [7, 11) is 0. The summed E-state index contributed by atoms with van der Waals surface area (Å²) in [6, 6.07) is 8.46. The lowest BCUT2D eigenvalue weighted by Crippen LogP contribution is -2.50. The molecule has 2 rings (SSSR count). The first-order chi connectivity index (χ1) is 10.8. The average Bonchev–Trinajstić information content (AvgIpc) is 2.74. The van der Waals surface area contributed by atoms with Crippen LogP contribution >= 0.6 is 11.3 Å². The summed E-state index contributed by atoms with van der Waals surface area (Å²) < 4.78 is 1.35. The number of aromatic nitrogens is 1. The molecule has 0 fully saturated rings. The van der Waals surface area contributed by atoms with Gasteiger partial charge in [-0.25, -0.2) is 4.79 Å². The van der Waals surface area contributed by atoms with Crippen LogP contribution in [0.15, 0.2) is 35.1 Å². The molecule has 0 saturated heterocycles. The minimum absolute atomic E-state index is 0.204. The topological polar surface area (TPSA) is 88.4 Å². The zero-order valence-corrected chi connectivity index (χ0v) is 13.9. The molecule has 2 aromatic rings. The second kappa shape index (κ2) is 6.37. The molecule has 2 N–H and O–H groups in total. The number of carbonyl (C=O) groups is 2. The van der Waals surface area contributed by atoms with Gasteiger partial charge in [0.1, 0.15) is 6.54 Å². The van der Waals surface area contributed by atoms with E-state index < -0.39 is 17.4 Å². The molecule has 0 radical (unpaired) electrons. The van der Waals surface area contributed by atoms with Crippen molar-refractivity contribution in [3.05, 3.63) is 56.1 Å². The van der Waals surface area contributed by atoms with Gasteiger partial charge in [0.25, 0.3) is 0 Å². The third-order valence-corrected chi connectivity index (χ3v) is 4.84. The number of benzene rings is 1. The SMILES string of the molecule is Cc1sc(=O)n(CC(=O)NC(C)(C(=O)O)c2ccccc2)c1C. The summed E-state index contributed by atoms with van der Waals surface area (Å²) in [6.07, 6.45) is 0. The van der Waals surface area contributed by atoms with Crippen LogP contribution in [0.2, 0.25) is 0 Å². The van der Waals surface area contributed by atoms with Crippen LogP contribution in [0, 0.1) is 13.8 Å². The van der Waals surface area contributed by atoms with Crippen LogP contribution in [-0.4, -0.2) is 21.6 Å². The third-order valence-electron chi connectivity index (χ3n) is 3.85. The maximum Gasteiger partial charge on any atom is 0.333 e. The number of hydrogen-bond acceptors (Lipinski definition) is 4. The molecule has 122 valence electrons. The lowest BCUT2D eigenvalue weighted by Gasteiger charge is -2.27. The van der Waals surface area contributed by atoms with Crippen molar-refractivity contribution in [2.45, 2.75) is 32.9 Å². The minimum atomic E-state index is -1.55. The van der Waals surface area contributed by atoms with Crippen molar-refractivity contribution in [3.8, 4) is 0 Å². The highest BCUT2D eigenvalue weighted by Gasteiger charge is 2.36. The van der Waals surface area contributed by atoms with Crippen molar-refractivity contribution >= 4 is 23.2 Å². The first kappa shape index (κ1) is 17.0. The van der Waals surface area contributed by atoms with Gasteiger partial charge in [0.05, 0.1) is 0 Å². The first-order valence-electron chi connectivity index (χ1n) is 7.02. The molecule has 0 spiro atoms. The maximum atomic E-state index is 12.3. The highest BCUT2D eigenvalue weighted by atomic mass is 32.1. The summed E-state index contributed by atoms with van der Waals surface area (Å²) >= 11 is 1.07. The molecule has 0 saturated carbocycles. The highest BCUT2D eigenvalue weighted by molar-refractivity contribution is 7.09. The van der Waals surface area contributed by atoms with Gasteiger partial charge in [-0.2, -0.15) is 0 Å². The monoisotopic (exact) mass is 334 g/mol. The molecule has 1 unspecified atom stereocenters. The van der Waals surface area contributed by atoms with Crippen LogP contribution in [0.4, 0.5) is 0 Å². The Labute approximate surface area is 137 Å². The van der Waals surface area contributed by atoms with Crippen LogP contribution in [0.1, 0.15) is 23.1 Å². The Hall–Kier alpha value is -2.41. The van der Waals surface area contributed by atoms with Gasteiger partial charge in [-0.3, -0.25) is 14.2 Å². The van der Waals surface area contributed by atoms with Gasteiger partial charge in [0.2, 0.25) is 5.91 Å². The predicted molar refractivity (Wildman–Crippen MR) is 87.6 cm³/mol. The number of amides is 1. The fourth-order valence-electron chi connectivity index (χ4n) is 2.25. The Morgan fingerprint density at radius 1 is 1.26 bits per heavy atom. The van der Waals surface area contributed by atoms with Gasteiger partial charge in [0, 0.05) is 10.6 Å². The zero-order chi connectivity index (χ0) is 17.2. The Kier molecular flexibility index (Phi) is 4.70. The van der Waals surface area contributed by atoms with Crippen molar-refractivity contribution < 1.29 is 14.7 Å². The molecule has 1 heterocycles. The van der Waals surface area contributed by atoms with Crippen molar-refractivity contribution in [1.29, 1.82) is 0 Å². The molecule has 1 aromatic heterocycles. The van der Waals surface area contributed by atoms with Crippen molar-refractivity contribution in [2.24, 2.45) is 0 Å². The van der Waals surface area contributed by atoms with Gasteiger partial charge in [0.15, 0.2) is 5.54 Å². The van der Waals surface area contributed by atoms with Gasteiger partial charge in [-0.1, -0.05) is 41.7 Å². The third kappa shape index (κ3) is 3.34. The van der Waals surface area contributed by atoms with Crippen LogP contribution in [-0.2, 0) is 21.7 Å². The van der Waals surface area contributed by atoms with Gasteiger partial charge in [-0.05, 0) is 26.3 Å². The first-order valence-corrected chi connectivity index (χ1v) is 7.84. The highest BCUT2D eigenvalue weighted by Crippen LogP contribution is 2.21. The van der Waals surface area contributed by atoms with Crippen LogP contribution in [0.5, 0.6) is 0 Å². The van der Waals surface area contributed by atoms with E-state index in [1.165, 1.54) is 11.5 Å². The van der Waals surface area contributed by atoms with Crippen molar-refractivity contribution in [1.82, 2.24) is 9.88 Å². The number of thiazole rings is 1. The molecule has 0 aliphatic carbocycles. The molecule has 6 nitrogen and oxygen atoms in total. The van der Waals surface area contributed by atoms with Crippen molar-refractivity contribution in [2.75, 3.05) is 0 Å². The molecular weight excluding hydrogens is 316 g/mol. The summed E-state index contributed by atoms with van der Waals surface area (Å²) in [4.78, 5) is 36.4. The quantitative estimate of drug-likeness (QED) is 0.870. The fourth-order valence-corrected chi connectivity index (χ4v) is 3.08. The predicted octanol–water partition coefficient (Wildman–Crippen LogP) is 1.64. The number of hydrogen-bond donors (Lipinski definition) is 2. The number of carboxylic acids is 1. The largest absolute Gasteiger partial charge is 0.479 e. The lowest BCUT2D eigenvalue weighted by molar-refractivity contribution is -0.147. The minimum Gasteiger partial charge on any atom is -0.479 e. The molecule has 0 aliphatic rings. The van der Waals surface area contributed by atoms with E-state index in [0.29, 0.717) is 11.3 Å². The molecule has 0 bridgehead atoms. The Morgan fingerprint density at radius 2 is 1.87 bits per heavy atom. The molecule has 23 heavy (non-hydrogen) atoms. The number of carbonyl (C=O) groups excluding carboxylic acids is 1. The number of aryl methyl sites for hydroxylation is 1. The standard InChI is InChI=1S/C16H18N2O4S/c1-10-11(2)23-15(22)18(10)9-13(19)17-16(3,14(20)21)12-7-5-4-6-8-12/h4-8H,9H2,1-3H3,(H,17,19)(H,20,21). The van der Waals surface area contributed by atoms with Gasteiger partial charge in [-0.15, -0.1) is 0 Å². The van der Waals surface area contributed by atoms with Crippen LogP contribution in [0.25, 0.3) is 0 Å². The number of rotatable bonds is 5.